The zero-order valence-electron chi connectivity index (χ0n) is 17.1. The van der Waals surface area contributed by atoms with Crippen LogP contribution in [0.5, 0.6) is 0 Å². The molecular weight excluding hydrogens is 475 g/mol. The number of carbonyl (C=O) groups excluding carboxylic acids is 1. The molecule has 28 heavy (non-hydrogen) atoms. The maximum Gasteiger partial charge on any atom is 0.243 e. The number of carbonyl (C=O) groups is 1. The van der Waals surface area contributed by atoms with Gasteiger partial charge in [0.1, 0.15) is 12.6 Å². The van der Waals surface area contributed by atoms with Crippen molar-refractivity contribution in [2.24, 2.45) is 10.9 Å². The van der Waals surface area contributed by atoms with Crippen LogP contribution in [0, 0.1) is 5.92 Å². The predicted molar refractivity (Wildman–Crippen MR) is 118 cm³/mol. The highest BCUT2D eigenvalue weighted by Crippen LogP contribution is 2.37. The van der Waals surface area contributed by atoms with Gasteiger partial charge in [0, 0.05) is 52.6 Å². The summed E-state index contributed by atoms with van der Waals surface area (Å²) < 4.78 is 17.6. The number of ether oxygens (including phenoxy) is 3. The highest BCUT2D eigenvalue weighted by Gasteiger charge is 2.42. The Morgan fingerprint density at radius 3 is 2.57 bits per heavy atom. The number of aliphatic imine (C=N–C) groups is 1. The molecule has 2 aliphatic heterocycles. The van der Waals surface area contributed by atoms with Gasteiger partial charge in [0.15, 0.2) is 11.7 Å². The second kappa shape index (κ2) is 11.5. The topological polar surface area (TPSA) is 84.4 Å². The predicted octanol–water partition coefficient (Wildman–Crippen LogP) is 1.34. The normalized spacial score (nSPS) is 26.7. The van der Waals surface area contributed by atoms with Crippen molar-refractivity contribution in [2.45, 2.75) is 50.4 Å². The number of amides is 1. The molecule has 3 rings (SSSR count). The monoisotopic (exact) mass is 510 g/mol. The van der Waals surface area contributed by atoms with Crippen molar-refractivity contribution in [1.82, 2.24) is 15.5 Å². The van der Waals surface area contributed by atoms with Crippen LogP contribution < -0.4 is 10.6 Å². The van der Waals surface area contributed by atoms with E-state index in [0.29, 0.717) is 25.0 Å². The second-order valence-electron chi connectivity index (χ2n) is 7.97. The van der Waals surface area contributed by atoms with Gasteiger partial charge in [-0.2, -0.15) is 0 Å². The van der Waals surface area contributed by atoms with Gasteiger partial charge in [-0.15, -0.1) is 24.0 Å². The lowest BCUT2D eigenvalue weighted by Gasteiger charge is -2.31. The average molecular weight is 510 g/mol. The third-order valence-corrected chi connectivity index (χ3v) is 5.48. The maximum atomic E-state index is 11.9. The zero-order valence-corrected chi connectivity index (χ0v) is 19.4. The van der Waals surface area contributed by atoms with Crippen molar-refractivity contribution in [3.8, 4) is 0 Å². The van der Waals surface area contributed by atoms with Gasteiger partial charge in [-0.3, -0.25) is 4.79 Å². The molecule has 2 heterocycles. The van der Waals surface area contributed by atoms with Crippen LogP contribution in [-0.4, -0.2) is 82.2 Å². The molecule has 0 aromatic carbocycles. The van der Waals surface area contributed by atoms with E-state index < -0.39 is 0 Å². The summed E-state index contributed by atoms with van der Waals surface area (Å²) in [5, 5.41) is 6.67. The van der Waals surface area contributed by atoms with Gasteiger partial charge in [0.25, 0.3) is 0 Å². The number of hydrogen-bond donors (Lipinski definition) is 2. The Bertz CT molecular complexity index is 520. The van der Waals surface area contributed by atoms with Crippen LogP contribution in [-0.2, 0) is 19.0 Å². The molecule has 2 N–H and O–H groups in total. The number of nitrogens with zero attached hydrogens (tertiary/aromatic N) is 2. The van der Waals surface area contributed by atoms with Crippen LogP contribution in [0.3, 0.4) is 0 Å². The number of nitrogens with one attached hydrogen (secondary N) is 2. The summed E-state index contributed by atoms with van der Waals surface area (Å²) in [6.07, 6.45) is 6.65. The molecule has 0 bridgehead atoms. The Labute approximate surface area is 185 Å². The van der Waals surface area contributed by atoms with Crippen LogP contribution in [0.15, 0.2) is 4.99 Å². The van der Waals surface area contributed by atoms with Crippen molar-refractivity contribution in [3.63, 3.8) is 0 Å². The van der Waals surface area contributed by atoms with E-state index in [4.69, 9.17) is 14.2 Å². The molecule has 3 aliphatic rings. The maximum absolute atomic E-state index is 11.9. The van der Waals surface area contributed by atoms with Gasteiger partial charge in [-0.1, -0.05) is 6.42 Å². The summed E-state index contributed by atoms with van der Waals surface area (Å²) in [5.41, 5.74) is 0. The molecule has 9 heteroatoms. The third kappa shape index (κ3) is 7.00. The quantitative estimate of drug-likeness (QED) is 0.319. The first kappa shape index (κ1) is 23.6. The summed E-state index contributed by atoms with van der Waals surface area (Å²) in [5.74, 6) is 0.738. The Balaban J connectivity index is 0.00000280. The van der Waals surface area contributed by atoms with Crippen molar-refractivity contribution in [1.29, 1.82) is 0 Å². The van der Waals surface area contributed by atoms with E-state index in [2.05, 4.69) is 15.6 Å². The highest BCUT2D eigenvalue weighted by molar-refractivity contribution is 14.0. The first-order valence-corrected chi connectivity index (χ1v) is 10.2. The molecule has 2 unspecified atom stereocenters. The second-order valence-corrected chi connectivity index (χ2v) is 7.97. The summed E-state index contributed by atoms with van der Waals surface area (Å²) in [7, 11) is 3.48. The van der Waals surface area contributed by atoms with Gasteiger partial charge in [-0.25, -0.2) is 4.99 Å². The van der Waals surface area contributed by atoms with Gasteiger partial charge < -0.3 is 29.7 Å². The molecule has 1 spiro atoms. The molecule has 2 atom stereocenters. The summed E-state index contributed by atoms with van der Waals surface area (Å²) in [4.78, 5) is 17.9. The fourth-order valence-corrected chi connectivity index (χ4v) is 3.73. The van der Waals surface area contributed by atoms with Crippen molar-refractivity contribution in [2.75, 3.05) is 53.6 Å². The van der Waals surface area contributed by atoms with Crippen LogP contribution in [0.25, 0.3) is 0 Å². The zero-order chi connectivity index (χ0) is 19.1. The number of hydrogen-bond acceptors (Lipinski definition) is 5. The molecule has 1 aliphatic carbocycles. The van der Waals surface area contributed by atoms with E-state index in [1.807, 2.05) is 0 Å². The number of rotatable bonds is 6. The molecule has 1 saturated carbocycles. The molecule has 8 nitrogen and oxygen atoms in total. The molecular formula is C19H35IN4O4. The minimum Gasteiger partial charge on any atom is -0.381 e. The molecule has 0 aromatic rings. The van der Waals surface area contributed by atoms with E-state index in [1.165, 1.54) is 19.3 Å². The van der Waals surface area contributed by atoms with Crippen molar-refractivity contribution >= 4 is 35.8 Å². The summed E-state index contributed by atoms with van der Waals surface area (Å²) >= 11 is 0. The smallest absolute Gasteiger partial charge is 0.243 e. The minimum absolute atomic E-state index is 0. The number of likely N-dealkylation sites (N-methyl/N-ethyl adjacent to an activating group) is 1. The Hall–Kier alpha value is -0.650. The SMILES string of the molecule is CN(C)C(=O)CN=C(NCC1CCOC1)NCC1COC2(CCCCC2)O1.I. The van der Waals surface area contributed by atoms with E-state index in [1.54, 1.807) is 19.0 Å². The van der Waals surface area contributed by atoms with E-state index in [9.17, 15) is 4.79 Å². The number of guanidine groups is 1. The molecule has 3 fully saturated rings. The summed E-state index contributed by atoms with van der Waals surface area (Å²) in [6.45, 7) is 3.72. The first-order chi connectivity index (χ1) is 13.1. The molecule has 0 radical (unpaired) electrons. The van der Waals surface area contributed by atoms with Gasteiger partial charge in [-0.05, 0) is 19.3 Å². The van der Waals surface area contributed by atoms with Gasteiger partial charge in [0.2, 0.25) is 5.91 Å². The fourth-order valence-electron chi connectivity index (χ4n) is 3.73. The summed E-state index contributed by atoms with van der Waals surface area (Å²) in [6, 6.07) is 0. The van der Waals surface area contributed by atoms with Crippen LogP contribution in [0.1, 0.15) is 38.5 Å². The average Bonchev–Trinajstić information content (AvgIpc) is 3.32. The highest BCUT2D eigenvalue weighted by atomic mass is 127. The standard InChI is InChI=1S/C19H34N4O4.HI/c1-23(2)17(24)12-22-18(20-10-15-6-9-25-13-15)21-11-16-14-26-19(27-16)7-4-3-5-8-19;/h15-16H,3-14H2,1-2H3,(H2,20,21,22);1H. The van der Waals surface area contributed by atoms with Gasteiger partial charge in [0.05, 0.1) is 13.2 Å². The van der Waals surface area contributed by atoms with Crippen molar-refractivity contribution in [3.05, 3.63) is 0 Å². The van der Waals surface area contributed by atoms with E-state index in [-0.39, 0.29) is 48.3 Å². The molecule has 162 valence electrons. The minimum atomic E-state index is -0.364. The Kier molecular flexibility index (Phi) is 9.72. The van der Waals surface area contributed by atoms with Crippen LogP contribution in [0.4, 0.5) is 0 Å². The molecule has 2 saturated heterocycles. The Morgan fingerprint density at radius 2 is 1.89 bits per heavy atom. The van der Waals surface area contributed by atoms with Crippen molar-refractivity contribution < 1.29 is 19.0 Å². The molecule has 0 aromatic heterocycles. The van der Waals surface area contributed by atoms with E-state index >= 15 is 0 Å². The first-order valence-electron chi connectivity index (χ1n) is 10.2. The fraction of sp³-hybridized carbons (Fsp3) is 0.895. The van der Waals surface area contributed by atoms with Gasteiger partial charge >= 0.3 is 0 Å². The largest absolute Gasteiger partial charge is 0.381 e. The lowest BCUT2D eigenvalue weighted by molar-refractivity contribution is -0.186. The number of halogens is 1. The lowest BCUT2D eigenvalue weighted by Crippen LogP contribution is -2.44. The third-order valence-electron chi connectivity index (χ3n) is 5.48. The Morgan fingerprint density at radius 1 is 1.14 bits per heavy atom. The van der Waals surface area contributed by atoms with Crippen LogP contribution >= 0.6 is 24.0 Å². The lowest BCUT2D eigenvalue weighted by atomic mass is 9.94. The molecule has 1 amide bonds. The van der Waals surface area contributed by atoms with Crippen LogP contribution in [0.2, 0.25) is 0 Å². The van der Waals surface area contributed by atoms with E-state index in [0.717, 1.165) is 39.0 Å².